The zero-order valence-corrected chi connectivity index (χ0v) is 12.0. The summed E-state index contributed by atoms with van der Waals surface area (Å²) in [4.78, 5) is 27.6. The van der Waals surface area contributed by atoms with Gasteiger partial charge in [-0.3, -0.25) is 9.59 Å². The second kappa shape index (κ2) is 5.83. The molecule has 1 atom stereocenters. The third-order valence-electron chi connectivity index (χ3n) is 2.76. The van der Waals surface area contributed by atoms with Crippen LogP contribution in [0.15, 0.2) is 29.6 Å². The van der Waals surface area contributed by atoms with Gasteiger partial charge in [0.05, 0.1) is 6.04 Å². The number of benzene rings is 1. The van der Waals surface area contributed by atoms with Crippen LogP contribution in [0.25, 0.3) is 0 Å². The fourth-order valence-corrected chi connectivity index (χ4v) is 2.53. The van der Waals surface area contributed by atoms with Gasteiger partial charge < -0.3 is 11.1 Å². The van der Waals surface area contributed by atoms with Crippen molar-refractivity contribution >= 4 is 23.2 Å². The van der Waals surface area contributed by atoms with Crippen molar-refractivity contribution in [1.29, 1.82) is 0 Å². The Labute approximate surface area is 120 Å². The van der Waals surface area contributed by atoms with Gasteiger partial charge in [-0.1, -0.05) is 6.07 Å². The molecule has 20 heavy (non-hydrogen) atoms. The molecule has 3 N–H and O–H groups in total. The SMILES string of the molecule is Cc1csc([C@@H](C)NC(=O)c2cccc(C(N)=O)c2)n1. The quantitative estimate of drug-likeness (QED) is 0.903. The first-order chi connectivity index (χ1) is 9.47. The first-order valence-corrected chi connectivity index (χ1v) is 6.98. The van der Waals surface area contributed by atoms with E-state index < -0.39 is 5.91 Å². The van der Waals surface area contributed by atoms with Crippen LogP contribution in [0, 0.1) is 6.92 Å². The van der Waals surface area contributed by atoms with Crippen LogP contribution in [0.5, 0.6) is 0 Å². The number of carbonyl (C=O) groups is 2. The number of carbonyl (C=O) groups excluding carboxylic acids is 2. The minimum absolute atomic E-state index is 0.182. The Morgan fingerprint density at radius 3 is 2.65 bits per heavy atom. The van der Waals surface area contributed by atoms with Crippen molar-refractivity contribution in [2.24, 2.45) is 5.73 Å². The molecule has 0 saturated heterocycles. The van der Waals surface area contributed by atoms with E-state index in [4.69, 9.17) is 5.73 Å². The molecule has 0 radical (unpaired) electrons. The molecule has 0 fully saturated rings. The molecule has 0 unspecified atom stereocenters. The van der Waals surface area contributed by atoms with Crippen molar-refractivity contribution in [2.45, 2.75) is 19.9 Å². The molecular formula is C14H15N3O2S. The predicted octanol–water partition coefficient (Wildman–Crippen LogP) is 2.04. The normalized spacial score (nSPS) is 11.9. The fraction of sp³-hybridized carbons (Fsp3) is 0.214. The second-order valence-corrected chi connectivity index (χ2v) is 5.36. The molecule has 1 heterocycles. The van der Waals surface area contributed by atoms with Gasteiger partial charge >= 0.3 is 0 Å². The van der Waals surface area contributed by atoms with E-state index in [1.165, 1.54) is 17.4 Å². The average Bonchev–Trinajstić information content (AvgIpc) is 2.85. The molecule has 1 aromatic carbocycles. The Morgan fingerprint density at radius 1 is 1.35 bits per heavy atom. The zero-order valence-electron chi connectivity index (χ0n) is 11.2. The van der Waals surface area contributed by atoms with Gasteiger partial charge in [0.15, 0.2) is 0 Å². The highest BCUT2D eigenvalue weighted by molar-refractivity contribution is 7.09. The smallest absolute Gasteiger partial charge is 0.251 e. The molecule has 0 spiro atoms. The molecule has 5 nitrogen and oxygen atoms in total. The summed E-state index contributed by atoms with van der Waals surface area (Å²) in [6.45, 7) is 3.78. The van der Waals surface area contributed by atoms with Gasteiger partial charge in [-0.05, 0) is 32.0 Å². The van der Waals surface area contributed by atoms with E-state index in [0.717, 1.165) is 10.7 Å². The number of hydrogen-bond donors (Lipinski definition) is 2. The third kappa shape index (κ3) is 3.21. The largest absolute Gasteiger partial charge is 0.366 e. The van der Waals surface area contributed by atoms with E-state index in [0.29, 0.717) is 11.1 Å². The van der Waals surface area contributed by atoms with Gasteiger partial charge in [-0.15, -0.1) is 11.3 Å². The first-order valence-electron chi connectivity index (χ1n) is 6.10. The number of nitrogens with two attached hydrogens (primary N) is 1. The Morgan fingerprint density at radius 2 is 2.05 bits per heavy atom. The van der Waals surface area contributed by atoms with Crippen molar-refractivity contribution in [2.75, 3.05) is 0 Å². The lowest BCUT2D eigenvalue weighted by Crippen LogP contribution is -2.27. The molecule has 2 amide bonds. The molecule has 0 saturated carbocycles. The first kappa shape index (κ1) is 14.2. The van der Waals surface area contributed by atoms with Gasteiger partial charge in [0, 0.05) is 22.2 Å². The number of amides is 2. The maximum Gasteiger partial charge on any atom is 0.251 e. The summed E-state index contributed by atoms with van der Waals surface area (Å²) in [5.41, 5.74) is 6.85. The minimum Gasteiger partial charge on any atom is -0.366 e. The monoisotopic (exact) mass is 289 g/mol. The topological polar surface area (TPSA) is 85.1 Å². The highest BCUT2D eigenvalue weighted by atomic mass is 32.1. The number of thiazole rings is 1. The standard InChI is InChI=1S/C14H15N3O2S/c1-8-7-20-14(16-8)9(2)17-13(19)11-5-3-4-10(6-11)12(15)18/h3-7,9H,1-2H3,(H2,15,18)(H,17,19)/t9-/m1/s1. The maximum absolute atomic E-state index is 12.1. The second-order valence-electron chi connectivity index (χ2n) is 4.47. The van der Waals surface area contributed by atoms with Crippen LogP contribution in [0.4, 0.5) is 0 Å². The van der Waals surface area contributed by atoms with E-state index in [2.05, 4.69) is 10.3 Å². The van der Waals surface area contributed by atoms with Crippen LogP contribution in [-0.4, -0.2) is 16.8 Å². The van der Waals surface area contributed by atoms with Gasteiger partial charge in [-0.25, -0.2) is 4.98 Å². The molecule has 0 aliphatic heterocycles. The summed E-state index contributed by atoms with van der Waals surface area (Å²) in [6.07, 6.45) is 0. The molecule has 2 rings (SSSR count). The molecule has 2 aromatic rings. The average molecular weight is 289 g/mol. The van der Waals surface area contributed by atoms with E-state index in [1.54, 1.807) is 18.2 Å². The van der Waals surface area contributed by atoms with Gasteiger partial charge in [0.1, 0.15) is 5.01 Å². The summed E-state index contributed by atoms with van der Waals surface area (Å²) in [6, 6.07) is 6.15. The van der Waals surface area contributed by atoms with E-state index >= 15 is 0 Å². The van der Waals surface area contributed by atoms with Crippen LogP contribution in [0.1, 0.15) is 44.4 Å². The predicted molar refractivity (Wildman–Crippen MR) is 77.7 cm³/mol. The number of hydrogen-bond acceptors (Lipinski definition) is 4. The van der Waals surface area contributed by atoms with Crippen molar-refractivity contribution in [3.05, 3.63) is 51.5 Å². The van der Waals surface area contributed by atoms with Crippen molar-refractivity contribution in [1.82, 2.24) is 10.3 Å². The van der Waals surface area contributed by atoms with Gasteiger partial charge in [0.2, 0.25) is 5.91 Å². The molecule has 6 heteroatoms. The van der Waals surface area contributed by atoms with Crippen molar-refractivity contribution in [3.8, 4) is 0 Å². The molecule has 1 aromatic heterocycles. The number of primary amides is 1. The highest BCUT2D eigenvalue weighted by Crippen LogP contribution is 2.18. The Balaban J connectivity index is 2.12. The van der Waals surface area contributed by atoms with Crippen LogP contribution < -0.4 is 11.1 Å². The number of nitrogens with one attached hydrogen (secondary N) is 1. The van der Waals surface area contributed by atoms with E-state index in [9.17, 15) is 9.59 Å². The summed E-state index contributed by atoms with van der Waals surface area (Å²) in [7, 11) is 0. The van der Waals surface area contributed by atoms with Gasteiger partial charge in [-0.2, -0.15) is 0 Å². The number of aryl methyl sites for hydroxylation is 1. The van der Waals surface area contributed by atoms with Crippen LogP contribution >= 0.6 is 11.3 Å². The number of aromatic nitrogens is 1. The summed E-state index contributed by atoms with van der Waals surface area (Å²) in [5, 5.41) is 5.63. The highest BCUT2D eigenvalue weighted by Gasteiger charge is 2.14. The van der Waals surface area contributed by atoms with Crippen molar-refractivity contribution in [3.63, 3.8) is 0 Å². The summed E-state index contributed by atoms with van der Waals surface area (Å²) in [5.74, 6) is -0.809. The number of nitrogens with zero attached hydrogens (tertiary/aromatic N) is 1. The van der Waals surface area contributed by atoms with Crippen LogP contribution in [-0.2, 0) is 0 Å². The van der Waals surface area contributed by atoms with E-state index in [1.807, 2.05) is 19.2 Å². The zero-order chi connectivity index (χ0) is 14.7. The lowest BCUT2D eigenvalue weighted by atomic mass is 10.1. The fourth-order valence-electron chi connectivity index (χ4n) is 1.73. The van der Waals surface area contributed by atoms with Crippen LogP contribution in [0.2, 0.25) is 0 Å². The van der Waals surface area contributed by atoms with Crippen LogP contribution in [0.3, 0.4) is 0 Å². The Bertz CT molecular complexity index is 651. The molecule has 104 valence electrons. The summed E-state index contributed by atoms with van der Waals surface area (Å²) < 4.78 is 0. The minimum atomic E-state index is -0.553. The number of rotatable bonds is 4. The molecular weight excluding hydrogens is 274 g/mol. The Hall–Kier alpha value is -2.21. The van der Waals surface area contributed by atoms with Gasteiger partial charge in [0.25, 0.3) is 5.91 Å². The molecule has 0 aliphatic rings. The van der Waals surface area contributed by atoms with Crippen molar-refractivity contribution < 1.29 is 9.59 Å². The van der Waals surface area contributed by atoms with E-state index in [-0.39, 0.29) is 11.9 Å². The summed E-state index contributed by atoms with van der Waals surface area (Å²) >= 11 is 1.50. The molecule has 0 bridgehead atoms. The third-order valence-corrected chi connectivity index (χ3v) is 3.91. The lowest BCUT2D eigenvalue weighted by molar-refractivity contribution is 0.0940. The lowest BCUT2D eigenvalue weighted by Gasteiger charge is -2.11. The molecule has 0 aliphatic carbocycles. The Kier molecular flexibility index (Phi) is 4.14. The maximum atomic E-state index is 12.1.